The van der Waals surface area contributed by atoms with Crippen LogP contribution < -0.4 is 5.32 Å². The number of rotatable bonds is 2. The summed E-state index contributed by atoms with van der Waals surface area (Å²) in [5.74, 6) is 0. The predicted octanol–water partition coefficient (Wildman–Crippen LogP) is 0.540. The maximum Gasteiger partial charge on any atom is 0.242 e. The second kappa shape index (κ2) is 3.59. The van der Waals surface area contributed by atoms with Crippen LogP contribution in [-0.4, -0.2) is 26.8 Å². The predicted molar refractivity (Wildman–Crippen MR) is 57.9 cm³/mol. The van der Waals surface area contributed by atoms with Gasteiger partial charge >= 0.3 is 0 Å². The first kappa shape index (κ1) is 10.6. The molecule has 0 unspecified atom stereocenters. The normalized spacial score (nSPS) is 15.7. The molecule has 0 atom stereocenters. The highest BCUT2D eigenvalue weighted by Gasteiger charge is 2.19. The number of hydrogen-bond donors (Lipinski definition) is 1. The summed E-state index contributed by atoms with van der Waals surface area (Å²) in [4.78, 5) is 0.370. The molecule has 1 heterocycles. The minimum Gasteiger partial charge on any atom is -0.309 e. The van der Waals surface area contributed by atoms with Gasteiger partial charge in [-0.05, 0) is 23.3 Å². The Hall–Kier alpha value is -0.910. The van der Waals surface area contributed by atoms with E-state index in [0.717, 1.165) is 18.7 Å². The van der Waals surface area contributed by atoms with Crippen LogP contribution >= 0.6 is 0 Å². The lowest BCUT2D eigenvalue weighted by atomic mass is 10.1. The Bertz CT molecular complexity index is 480. The van der Waals surface area contributed by atoms with Crippen LogP contribution in [-0.2, 0) is 23.1 Å². The van der Waals surface area contributed by atoms with Gasteiger partial charge < -0.3 is 5.32 Å². The third-order valence-electron chi connectivity index (χ3n) is 2.59. The highest BCUT2D eigenvalue weighted by Crippen LogP contribution is 2.21. The van der Waals surface area contributed by atoms with Crippen molar-refractivity contribution in [3.63, 3.8) is 0 Å². The van der Waals surface area contributed by atoms with Crippen LogP contribution in [0.1, 0.15) is 11.1 Å². The van der Waals surface area contributed by atoms with Crippen LogP contribution in [0.15, 0.2) is 23.1 Å². The van der Waals surface area contributed by atoms with Crippen LogP contribution in [0.3, 0.4) is 0 Å². The van der Waals surface area contributed by atoms with Gasteiger partial charge in [-0.2, -0.15) is 0 Å². The minimum absolute atomic E-state index is 0.370. The molecule has 82 valence electrons. The Balaban J connectivity index is 2.48. The van der Waals surface area contributed by atoms with Crippen LogP contribution in [0.25, 0.3) is 0 Å². The number of hydrogen-bond acceptors (Lipinski definition) is 3. The van der Waals surface area contributed by atoms with E-state index in [2.05, 4.69) is 5.32 Å². The first-order chi connectivity index (χ1) is 7.01. The van der Waals surface area contributed by atoms with Crippen LogP contribution in [0.4, 0.5) is 0 Å². The van der Waals surface area contributed by atoms with E-state index in [-0.39, 0.29) is 0 Å². The summed E-state index contributed by atoms with van der Waals surface area (Å²) in [5.41, 5.74) is 2.27. The SMILES string of the molecule is CN(C)S(=O)(=O)c1ccc2c(c1)CNC2. The lowest BCUT2D eigenvalue weighted by Crippen LogP contribution is -2.22. The molecule has 1 N–H and O–H groups in total. The summed E-state index contributed by atoms with van der Waals surface area (Å²) in [6, 6.07) is 5.30. The Morgan fingerprint density at radius 2 is 1.87 bits per heavy atom. The van der Waals surface area contributed by atoms with Crippen molar-refractivity contribution < 1.29 is 8.42 Å². The second-order valence-electron chi connectivity index (χ2n) is 3.82. The van der Waals surface area contributed by atoms with Gasteiger partial charge in [-0.25, -0.2) is 12.7 Å². The van der Waals surface area contributed by atoms with E-state index >= 15 is 0 Å². The summed E-state index contributed by atoms with van der Waals surface area (Å²) in [7, 11) is -0.208. The average Bonchev–Trinajstić information content (AvgIpc) is 2.63. The number of sulfonamides is 1. The van der Waals surface area contributed by atoms with Gasteiger partial charge in [0.15, 0.2) is 0 Å². The number of nitrogens with zero attached hydrogens (tertiary/aromatic N) is 1. The zero-order chi connectivity index (χ0) is 11.1. The topological polar surface area (TPSA) is 49.4 Å². The molecule has 1 aliphatic heterocycles. The molecule has 0 fully saturated rings. The molecular formula is C10H14N2O2S. The molecule has 2 rings (SSSR count). The van der Waals surface area contributed by atoms with E-state index in [1.165, 1.54) is 9.87 Å². The smallest absolute Gasteiger partial charge is 0.242 e. The molecule has 1 aromatic rings. The van der Waals surface area contributed by atoms with Crippen molar-refractivity contribution in [1.82, 2.24) is 9.62 Å². The van der Waals surface area contributed by atoms with Gasteiger partial charge in [0.2, 0.25) is 10.0 Å². The summed E-state index contributed by atoms with van der Waals surface area (Å²) in [6.45, 7) is 1.59. The summed E-state index contributed by atoms with van der Waals surface area (Å²) >= 11 is 0. The quantitative estimate of drug-likeness (QED) is 0.800. The van der Waals surface area contributed by atoms with Crippen molar-refractivity contribution in [2.75, 3.05) is 14.1 Å². The van der Waals surface area contributed by atoms with Gasteiger partial charge in [-0.3, -0.25) is 0 Å². The monoisotopic (exact) mass is 226 g/mol. The maximum atomic E-state index is 11.8. The molecule has 0 radical (unpaired) electrons. The second-order valence-corrected chi connectivity index (χ2v) is 5.97. The van der Waals surface area contributed by atoms with Gasteiger partial charge in [0.25, 0.3) is 0 Å². The van der Waals surface area contributed by atoms with E-state index in [9.17, 15) is 8.42 Å². The van der Waals surface area contributed by atoms with Crippen molar-refractivity contribution in [1.29, 1.82) is 0 Å². The Kier molecular flexibility index (Phi) is 2.54. The molecule has 0 amide bonds. The maximum absolute atomic E-state index is 11.8. The van der Waals surface area contributed by atoms with Crippen LogP contribution in [0, 0.1) is 0 Å². The Labute approximate surface area is 90.0 Å². The summed E-state index contributed by atoms with van der Waals surface area (Å²) in [6.07, 6.45) is 0. The molecule has 0 saturated carbocycles. The molecule has 0 bridgehead atoms. The average molecular weight is 226 g/mol. The minimum atomic E-state index is -3.29. The van der Waals surface area contributed by atoms with E-state index in [0.29, 0.717) is 4.90 Å². The number of benzene rings is 1. The molecule has 1 aliphatic rings. The molecule has 0 aliphatic carbocycles. The van der Waals surface area contributed by atoms with Gasteiger partial charge in [0.1, 0.15) is 0 Å². The van der Waals surface area contributed by atoms with Gasteiger partial charge in [0, 0.05) is 27.2 Å². The molecule has 4 nitrogen and oxygen atoms in total. The van der Waals surface area contributed by atoms with Gasteiger partial charge in [-0.1, -0.05) is 6.07 Å². The third kappa shape index (κ3) is 1.78. The number of fused-ring (bicyclic) bond motifs is 1. The molecule has 1 aromatic carbocycles. The van der Waals surface area contributed by atoms with Crippen LogP contribution in [0.2, 0.25) is 0 Å². The van der Waals surface area contributed by atoms with Crippen molar-refractivity contribution in [3.05, 3.63) is 29.3 Å². The molecule has 15 heavy (non-hydrogen) atoms. The van der Waals surface area contributed by atoms with E-state index < -0.39 is 10.0 Å². The molecule has 0 aromatic heterocycles. The molecular weight excluding hydrogens is 212 g/mol. The fraction of sp³-hybridized carbons (Fsp3) is 0.400. The lowest BCUT2D eigenvalue weighted by molar-refractivity contribution is 0.520. The fourth-order valence-corrected chi connectivity index (χ4v) is 2.60. The Morgan fingerprint density at radius 3 is 2.53 bits per heavy atom. The van der Waals surface area contributed by atoms with Gasteiger partial charge in [-0.15, -0.1) is 0 Å². The first-order valence-electron chi connectivity index (χ1n) is 4.77. The van der Waals surface area contributed by atoms with Crippen molar-refractivity contribution in [2.24, 2.45) is 0 Å². The zero-order valence-electron chi connectivity index (χ0n) is 8.82. The standard InChI is InChI=1S/C10H14N2O2S/c1-12(2)15(13,14)10-4-3-8-6-11-7-9(8)5-10/h3-5,11H,6-7H2,1-2H3. The highest BCUT2D eigenvalue weighted by molar-refractivity contribution is 7.89. The highest BCUT2D eigenvalue weighted by atomic mass is 32.2. The lowest BCUT2D eigenvalue weighted by Gasteiger charge is -2.12. The van der Waals surface area contributed by atoms with Crippen molar-refractivity contribution >= 4 is 10.0 Å². The van der Waals surface area contributed by atoms with E-state index in [4.69, 9.17) is 0 Å². The Morgan fingerprint density at radius 1 is 1.20 bits per heavy atom. The largest absolute Gasteiger partial charge is 0.309 e. The molecule has 0 spiro atoms. The third-order valence-corrected chi connectivity index (χ3v) is 4.40. The molecule has 0 saturated heterocycles. The summed E-state index contributed by atoms with van der Waals surface area (Å²) in [5, 5.41) is 3.19. The zero-order valence-corrected chi connectivity index (χ0v) is 9.63. The van der Waals surface area contributed by atoms with Crippen molar-refractivity contribution in [3.8, 4) is 0 Å². The first-order valence-corrected chi connectivity index (χ1v) is 6.21. The molecule has 5 heteroatoms. The number of nitrogens with one attached hydrogen (secondary N) is 1. The summed E-state index contributed by atoms with van der Waals surface area (Å²) < 4.78 is 24.9. The van der Waals surface area contributed by atoms with E-state index in [1.807, 2.05) is 6.07 Å². The van der Waals surface area contributed by atoms with E-state index in [1.54, 1.807) is 26.2 Å². The van der Waals surface area contributed by atoms with Crippen molar-refractivity contribution in [2.45, 2.75) is 18.0 Å². The van der Waals surface area contributed by atoms with Gasteiger partial charge in [0.05, 0.1) is 4.90 Å². The van der Waals surface area contributed by atoms with Crippen LogP contribution in [0.5, 0.6) is 0 Å². The fourth-order valence-electron chi connectivity index (χ4n) is 1.64.